The largest absolute Gasteiger partial charge is 0.413 e. The van der Waals surface area contributed by atoms with Crippen LogP contribution in [0.2, 0.25) is 18.1 Å². The molecule has 1 atom stereocenters. The first-order valence-corrected chi connectivity index (χ1v) is 10.00. The van der Waals surface area contributed by atoms with Gasteiger partial charge in [-0.05, 0) is 44.8 Å². The monoisotopic (exact) mass is 288 g/mol. The minimum absolute atomic E-state index is 0.246. The summed E-state index contributed by atoms with van der Waals surface area (Å²) in [6.45, 7) is 15.4. The van der Waals surface area contributed by atoms with Gasteiger partial charge in [-0.2, -0.15) is 0 Å². The fourth-order valence-electron chi connectivity index (χ4n) is 1.37. The lowest BCUT2D eigenvalue weighted by Gasteiger charge is -2.39. The van der Waals surface area contributed by atoms with E-state index in [0.717, 1.165) is 17.9 Å². The number of allylic oxidation sites excluding steroid dienone is 2. The molecule has 0 aromatic rings. The van der Waals surface area contributed by atoms with Crippen LogP contribution in [0.5, 0.6) is 0 Å². The lowest BCUT2D eigenvalue weighted by molar-refractivity contribution is 0.186. The predicted octanol–water partition coefficient (Wildman–Crippen LogP) is 5.88. The van der Waals surface area contributed by atoms with Crippen molar-refractivity contribution in [1.29, 1.82) is 0 Å². The maximum Gasteiger partial charge on any atom is 0.192 e. The lowest BCUT2D eigenvalue weighted by atomic mass is 10.2. The molecule has 0 bridgehead atoms. The summed E-state index contributed by atoms with van der Waals surface area (Å²) < 4.78 is 6.44. The molecule has 0 aliphatic carbocycles. The van der Waals surface area contributed by atoms with Crippen LogP contribution < -0.4 is 0 Å². The zero-order valence-electron chi connectivity index (χ0n) is 13.0. The summed E-state index contributed by atoms with van der Waals surface area (Å²) in [5, 5.41) is 1.10. The van der Waals surface area contributed by atoms with Crippen molar-refractivity contribution in [3.8, 4) is 0 Å². The first-order valence-electron chi connectivity index (χ1n) is 6.71. The molecule has 106 valence electrons. The van der Waals surface area contributed by atoms with Crippen molar-refractivity contribution in [2.24, 2.45) is 0 Å². The minimum Gasteiger partial charge on any atom is -0.413 e. The summed E-state index contributed by atoms with van der Waals surface area (Å²) >= 11 is 5.92. The normalized spacial score (nSPS) is 16.3. The Balaban J connectivity index is 4.72. The highest BCUT2D eigenvalue weighted by Crippen LogP contribution is 2.38. The minimum atomic E-state index is -1.70. The van der Waals surface area contributed by atoms with Gasteiger partial charge in [0.1, 0.15) is 0 Å². The zero-order chi connectivity index (χ0) is 14.4. The van der Waals surface area contributed by atoms with E-state index in [0.29, 0.717) is 0 Å². The summed E-state index contributed by atoms with van der Waals surface area (Å²) in [5.41, 5.74) is 0. The second kappa shape index (κ2) is 7.52. The SMILES string of the molecule is C/C=C\C[C@H](C/C=C(\C)Cl)O[Si](C)(C)C(C)(C)C. The van der Waals surface area contributed by atoms with E-state index in [9.17, 15) is 0 Å². The molecule has 0 aliphatic rings. The van der Waals surface area contributed by atoms with Gasteiger partial charge in [0.2, 0.25) is 0 Å². The van der Waals surface area contributed by atoms with E-state index in [4.69, 9.17) is 16.0 Å². The first-order chi connectivity index (χ1) is 8.10. The Bertz CT molecular complexity index is 296. The van der Waals surface area contributed by atoms with Crippen LogP contribution >= 0.6 is 11.6 Å². The molecule has 0 N–H and O–H groups in total. The van der Waals surface area contributed by atoms with Gasteiger partial charge in [-0.15, -0.1) is 0 Å². The van der Waals surface area contributed by atoms with Crippen molar-refractivity contribution in [1.82, 2.24) is 0 Å². The smallest absolute Gasteiger partial charge is 0.192 e. The fourth-order valence-corrected chi connectivity index (χ4v) is 2.84. The number of rotatable bonds is 6. The topological polar surface area (TPSA) is 9.23 Å². The van der Waals surface area contributed by atoms with Crippen molar-refractivity contribution in [3.05, 3.63) is 23.3 Å². The van der Waals surface area contributed by atoms with E-state index in [-0.39, 0.29) is 11.1 Å². The molecule has 0 saturated carbocycles. The predicted molar refractivity (Wildman–Crippen MR) is 85.7 cm³/mol. The molecular formula is C15H29ClOSi. The third-order valence-electron chi connectivity index (χ3n) is 3.56. The van der Waals surface area contributed by atoms with Gasteiger partial charge in [-0.1, -0.05) is 50.6 Å². The Morgan fingerprint density at radius 3 is 2.22 bits per heavy atom. The van der Waals surface area contributed by atoms with E-state index in [2.05, 4.69) is 52.1 Å². The highest BCUT2D eigenvalue weighted by Gasteiger charge is 2.38. The highest BCUT2D eigenvalue weighted by atomic mass is 35.5. The molecule has 0 rings (SSSR count). The average Bonchev–Trinajstić information content (AvgIpc) is 2.20. The molecule has 1 nitrogen and oxygen atoms in total. The Morgan fingerprint density at radius 2 is 1.83 bits per heavy atom. The van der Waals surface area contributed by atoms with Gasteiger partial charge in [0, 0.05) is 5.03 Å². The average molecular weight is 289 g/mol. The first kappa shape index (κ1) is 17.9. The van der Waals surface area contributed by atoms with E-state index in [1.807, 2.05) is 13.8 Å². The Hall–Kier alpha value is -0.0531. The maximum atomic E-state index is 6.44. The van der Waals surface area contributed by atoms with E-state index in [1.165, 1.54) is 0 Å². The van der Waals surface area contributed by atoms with Crippen LogP contribution in [0.4, 0.5) is 0 Å². The summed E-state index contributed by atoms with van der Waals surface area (Å²) in [6.07, 6.45) is 8.42. The van der Waals surface area contributed by atoms with Crippen molar-refractivity contribution in [2.75, 3.05) is 0 Å². The molecular weight excluding hydrogens is 260 g/mol. The second-order valence-corrected chi connectivity index (χ2v) is 11.7. The van der Waals surface area contributed by atoms with Crippen LogP contribution in [0.15, 0.2) is 23.3 Å². The van der Waals surface area contributed by atoms with Crippen LogP contribution in [-0.2, 0) is 4.43 Å². The summed E-state index contributed by atoms with van der Waals surface area (Å²) in [6, 6.07) is 0. The molecule has 0 saturated heterocycles. The zero-order valence-corrected chi connectivity index (χ0v) is 14.8. The third-order valence-corrected chi connectivity index (χ3v) is 8.25. The molecule has 0 aliphatic heterocycles. The maximum absolute atomic E-state index is 6.44. The van der Waals surface area contributed by atoms with Crippen molar-refractivity contribution in [3.63, 3.8) is 0 Å². The number of halogens is 1. The summed E-state index contributed by atoms with van der Waals surface area (Å²) in [5.74, 6) is 0. The van der Waals surface area contributed by atoms with Gasteiger partial charge >= 0.3 is 0 Å². The highest BCUT2D eigenvalue weighted by molar-refractivity contribution is 6.74. The summed E-state index contributed by atoms with van der Waals surface area (Å²) in [7, 11) is -1.70. The molecule has 18 heavy (non-hydrogen) atoms. The Kier molecular flexibility index (Phi) is 7.49. The number of hydrogen-bond donors (Lipinski definition) is 0. The molecule has 0 amide bonds. The Labute approximate surface area is 119 Å². The van der Waals surface area contributed by atoms with Crippen LogP contribution in [0.1, 0.15) is 47.5 Å². The van der Waals surface area contributed by atoms with Gasteiger partial charge in [0.15, 0.2) is 8.32 Å². The van der Waals surface area contributed by atoms with Gasteiger partial charge in [-0.3, -0.25) is 0 Å². The molecule has 0 unspecified atom stereocenters. The molecule has 0 spiro atoms. The standard InChI is InChI=1S/C15H29ClOSi/c1-8-9-10-14(12-11-13(2)16)17-18(6,7)15(3,4)5/h8-9,11,14H,10,12H2,1-7H3/b9-8-,13-11+/t14-/m1/s1. The van der Waals surface area contributed by atoms with Gasteiger partial charge in [0.05, 0.1) is 6.10 Å². The van der Waals surface area contributed by atoms with Crippen LogP contribution in [0.25, 0.3) is 0 Å². The third kappa shape index (κ3) is 6.77. The lowest BCUT2D eigenvalue weighted by Crippen LogP contribution is -2.43. The van der Waals surface area contributed by atoms with Crippen LogP contribution in [0.3, 0.4) is 0 Å². The van der Waals surface area contributed by atoms with Gasteiger partial charge in [-0.25, -0.2) is 0 Å². The van der Waals surface area contributed by atoms with Crippen LogP contribution in [-0.4, -0.2) is 14.4 Å². The van der Waals surface area contributed by atoms with Crippen molar-refractivity contribution in [2.45, 2.75) is 71.7 Å². The second-order valence-electron chi connectivity index (χ2n) is 6.33. The van der Waals surface area contributed by atoms with Gasteiger partial charge in [0.25, 0.3) is 0 Å². The molecule has 0 radical (unpaired) electrons. The van der Waals surface area contributed by atoms with E-state index >= 15 is 0 Å². The van der Waals surface area contributed by atoms with Gasteiger partial charge < -0.3 is 4.43 Å². The quantitative estimate of drug-likeness (QED) is 0.438. The molecule has 3 heteroatoms. The van der Waals surface area contributed by atoms with Crippen molar-refractivity contribution < 1.29 is 4.43 Å². The molecule has 0 aromatic carbocycles. The van der Waals surface area contributed by atoms with Crippen LogP contribution in [0, 0.1) is 0 Å². The van der Waals surface area contributed by atoms with E-state index in [1.54, 1.807) is 0 Å². The Morgan fingerprint density at radius 1 is 1.28 bits per heavy atom. The molecule has 0 aromatic heterocycles. The van der Waals surface area contributed by atoms with Crippen molar-refractivity contribution >= 4 is 19.9 Å². The number of hydrogen-bond acceptors (Lipinski definition) is 1. The fraction of sp³-hybridized carbons (Fsp3) is 0.733. The van der Waals surface area contributed by atoms with E-state index < -0.39 is 8.32 Å². The molecule has 0 heterocycles. The summed E-state index contributed by atoms with van der Waals surface area (Å²) in [4.78, 5) is 0. The molecule has 0 fully saturated rings.